The van der Waals surface area contributed by atoms with E-state index in [4.69, 9.17) is 4.74 Å². The van der Waals surface area contributed by atoms with Gasteiger partial charge in [-0.1, -0.05) is 6.92 Å². The van der Waals surface area contributed by atoms with Crippen LogP contribution in [0.15, 0.2) is 36.7 Å². The predicted octanol–water partition coefficient (Wildman–Crippen LogP) is 4.29. The number of ether oxygens (including phenoxy) is 1. The number of hydrogen-bond donors (Lipinski definition) is 1. The lowest BCUT2D eigenvalue weighted by atomic mass is 10.0. The minimum absolute atomic E-state index is 0.117. The Morgan fingerprint density at radius 2 is 2.00 bits per heavy atom. The fraction of sp³-hybridized carbons (Fsp3) is 0.476. The summed E-state index contributed by atoms with van der Waals surface area (Å²) in [6.07, 6.45) is 8.12. The molecule has 1 fully saturated rings. The van der Waals surface area contributed by atoms with Crippen LogP contribution in [0, 0.1) is 0 Å². The molecule has 1 amide bonds. The molecule has 1 aliphatic rings. The van der Waals surface area contributed by atoms with E-state index >= 15 is 0 Å². The van der Waals surface area contributed by atoms with Crippen molar-refractivity contribution in [3.63, 3.8) is 0 Å². The lowest BCUT2D eigenvalue weighted by molar-refractivity contribution is 0.102. The highest BCUT2D eigenvalue weighted by Gasteiger charge is 2.22. The van der Waals surface area contributed by atoms with E-state index in [0.717, 1.165) is 24.5 Å². The van der Waals surface area contributed by atoms with E-state index in [1.807, 2.05) is 38.1 Å². The average Bonchev–Trinajstić information content (AvgIpc) is 2.69. The van der Waals surface area contributed by atoms with E-state index in [1.165, 1.54) is 19.3 Å². The minimum Gasteiger partial charge on any atom is -0.491 e. The van der Waals surface area contributed by atoms with Crippen molar-refractivity contribution in [2.24, 2.45) is 0 Å². The van der Waals surface area contributed by atoms with Crippen LogP contribution < -0.4 is 15.0 Å². The molecule has 0 saturated carbocycles. The van der Waals surface area contributed by atoms with Crippen molar-refractivity contribution in [2.45, 2.75) is 58.6 Å². The van der Waals surface area contributed by atoms with Gasteiger partial charge in [0.05, 0.1) is 18.5 Å². The van der Waals surface area contributed by atoms with Crippen molar-refractivity contribution in [1.29, 1.82) is 0 Å². The summed E-state index contributed by atoms with van der Waals surface area (Å²) in [6, 6.07) is 7.82. The molecule has 1 aromatic heterocycles. The third-order valence-electron chi connectivity index (χ3n) is 4.75. The number of nitrogens with one attached hydrogen (secondary N) is 1. The maximum atomic E-state index is 12.4. The Labute approximate surface area is 161 Å². The molecule has 2 heterocycles. The topological polar surface area (TPSA) is 67.4 Å². The molecule has 6 heteroatoms. The zero-order chi connectivity index (χ0) is 19.2. The number of aromatic nitrogens is 2. The van der Waals surface area contributed by atoms with Crippen LogP contribution in [0.5, 0.6) is 5.75 Å². The standard InChI is InChI=1S/C21H28N4O2/c1-4-17-7-5-6-12-25(17)20-14-22-19(13-23-20)21(26)24-16-8-10-18(11-9-16)27-15(2)3/h8-11,13-15,17H,4-7,12H2,1-3H3,(H,24,26). The number of rotatable bonds is 6. The highest BCUT2D eigenvalue weighted by atomic mass is 16.5. The molecule has 1 aliphatic heterocycles. The van der Waals surface area contributed by atoms with E-state index in [0.29, 0.717) is 17.4 Å². The molecule has 2 aromatic rings. The monoisotopic (exact) mass is 368 g/mol. The molecule has 6 nitrogen and oxygen atoms in total. The lowest BCUT2D eigenvalue weighted by Gasteiger charge is -2.35. The maximum Gasteiger partial charge on any atom is 0.275 e. The summed E-state index contributed by atoms with van der Waals surface area (Å²) in [5, 5.41) is 2.85. The van der Waals surface area contributed by atoms with Gasteiger partial charge >= 0.3 is 0 Å². The van der Waals surface area contributed by atoms with Crippen molar-refractivity contribution in [3.05, 3.63) is 42.4 Å². The van der Waals surface area contributed by atoms with Crippen molar-refractivity contribution < 1.29 is 9.53 Å². The highest BCUT2D eigenvalue weighted by Crippen LogP contribution is 2.24. The van der Waals surface area contributed by atoms with Gasteiger partial charge in [0.15, 0.2) is 0 Å². The first-order chi connectivity index (χ1) is 13.1. The van der Waals surface area contributed by atoms with Gasteiger partial charge < -0.3 is 15.0 Å². The molecule has 0 aliphatic carbocycles. The number of nitrogens with zero attached hydrogens (tertiary/aromatic N) is 3. The summed E-state index contributed by atoms with van der Waals surface area (Å²) >= 11 is 0. The smallest absolute Gasteiger partial charge is 0.275 e. The summed E-state index contributed by atoms with van der Waals surface area (Å²) in [6.45, 7) is 7.16. The van der Waals surface area contributed by atoms with Crippen molar-refractivity contribution >= 4 is 17.4 Å². The van der Waals surface area contributed by atoms with Gasteiger partial charge in [0.25, 0.3) is 5.91 Å². The first-order valence-corrected chi connectivity index (χ1v) is 9.73. The van der Waals surface area contributed by atoms with E-state index in [9.17, 15) is 4.79 Å². The zero-order valence-corrected chi connectivity index (χ0v) is 16.3. The number of piperidine rings is 1. The molecule has 1 saturated heterocycles. The SMILES string of the molecule is CCC1CCCCN1c1cnc(C(=O)Nc2ccc(OC(C)C)cc2)cn1. The van der Waals surface area contributed by atoms with E-state index in [1.54, 1.807) is 12.4 Å². The fourth-order valence-corrected chi connectivity index (χ4v) is 3.40. The lowest BCUT2D eigenvalue weighted by Crippen LogP contribution is -2.39. The highest BCUT2D eigenvalue weighted by molar-refractivity contribution is 6.02. The van der Waals surface area contributed by atoms with Crippen LogP contribution in [-0.2, 0) is 0 Å². The van der Waals surface area contributed by atoms with Crippen LogP contribution in [0.2, 0.25) is 0 Å². The third-order valence-corrected chi connectivity index (χ3v) is 4.75. The molecule has 0 bridgehead atoms. The molecule has 1 atom stereocenters. The van der Waals surface area contributed by atoms with Gasteiger partial charge in [-0.2, -0.15) is 0 Å². The molecule has 27 heavy (non-hydrogen) atoms. The van der Waals surface area contributed by atoms with Crippen LogP contribution >= 0.6 is 0 Å². The Balaban J connectivity index is 1.63. The van der Waals surface area contributed by atoms with E-state index in [-0.39, 0.29) is 12.0 Å². The van der Waals surface area contributed by atoms with Gasteiger partial charge in [0, 0.05) is 18.3 Å². The Kier molecular flexibility index (Phi) is 6.27. The second-order valence-electron chi connectivity index (χ2n) is 7.16. The summed E-state index contributed by atoms with van der Waals surface area (Å²) in [5.74, 6) is 1.37. The number of hydrogen-bond acceptors (Lipinski definition) is 5. The predicted molar refractivity (Wildman–Crippen MR) is 107 cm³/mol. The number of benzene rings is 1. The van der Waals surface area contributed by atoms with Gasteiger partial charge in [-0.25, -0.2) is 9.97 Å². The van der Waals surface area contributed by atoms with E-state index in [2.05, 4.69) is 27.1 Å². The van der Waals surface area contributed by atoms with Crippen LogP contribution in [0.3, 0.4) is 0 Å². The molecule has 1 aromatic carbocycles. The molecule has 3 rings (SSSR count). The van der Waals surface area contributed by atoms with E-state index < -0.39 is 0 Å². The molecule has 0 spiro atoms. The average molecular weight is 368 g/mol. The Bertz CT molecular complexity index is 744. The molecule has 144 valence electrons. The first kappa shape index (κ1) is 19.1. The summed E-state index contributed by atoms with van der Waals surface area (Å²) < 4.78 is 5.61. The second-order valence-corrected chi connectivity index (χ2v) is 7.16. The minimum atomic E-state index is -0.266. The Morgan fingerprint density at radius 3 is 2.63 bits per heavy atom. The number of carbonyl (C=O) groups excluding carboxylic acids is 1. The van der Waals surface area contributed by atoms with Crippen LogP contribution in [-0.4, -0.2) is 34.6 Å². The Hall–Kier alpha value is -2.63. The van der Waals surface area contributed by atoms with Crippen molar-refractivity contribution in [2.75, 3.05) is 16.8 Å². The molecule has 1 N–H and O–H groups in total. The maximum absolute atomic E-state index is 12.4. The van der Waals surface area contributed by atoms with Gasteiger partial charge in [-0.15, -0.1) is 0 Å². The number of amides is 1. The molecular weight excluding hydrogens is 340 g/mol. The van der Waals surface area contributed by atoms with Crippen molar-refractivity contribution in [3.8, 4) is 5.75 Å². The van der Waals surface area contributed by atoms with Crippen LogP contribution in [0.25, 0.3) is 0 Å². The van der Waals surface area contributed by atoms with Crippen LogP contribution in [0.4, 0.5) is 11.5 Å². The largest absolute Gasteiger partial charge is 0.491 e. The summed E-state index contributed by atoms with van der Waals surface area (Å²) in [4.78, 5) is 23.6. The Morgan fingerprint density at radius 1 is 1.22 bits per heavy atom. The molecule has 0 radical (unpaired) electrons. The third kappa shape index (κ3) is 4.96. The van der Waals surface area contributed by atoms with Gasteiger partial charge in [0.2, 0.25) is 0 Å². The van der Waals surface area contributed by atoms with Gasteiger partial charge in [-0.3, -0.25) is 4.79 Å². The molecule has 1 unspecified atom stereocenters. The van der Waals surface area contributed by atoms with Crippen molar-refractivity contribution in [1.82, 2.24) is 9.97 Å². The second kappa shape index (κ2) is 8.84. The normalized spacial score (nSPS) is 17.0. The van der Waals surface area contributed by atoms with Gasteiger partial charge in [0.1, 0.15) is 17.3 Å². The number of anilines is 2. The summed E-state index contributed by atoms with van der Waals surface area (Å²) in [7, 11) is 0. The van der Waals surface area contributed by atoms with Gasteiger partial charge in [-0.05, 0) is 63.8 Å². The molecular formula is C21H28N4O2. The van der Waals surface area contributed by atoms with Crippen LogP contribution in [0.1, 0.15) is 56.9 Å². The summed E-state index contributed by atoms with van der Waals surface area (Å²) in [5.41, 5.74) is 1.01. The quantitative estimate of drug-likeness (QED) is 0.824. The number of carbonyl (C=O) groups is 1. The fourth-order valence-electron chi connectivity index (χ4n) is 3.40. The first-order valence-electron chi connectivity index (χ1n) is 9.73. The zero-order valence-electron chi connectivity index (χ0n) is 16.3.